The largest absolute Gasteiger partial charge is 0.504 e. The number of hydrogen-bond donors (Lipinski definition) is 1. The Morgan fingerprint density at radius 1 is 0.893 bits per heavy atom. The van der Waals surface area contributed by atoms with Crippen LogP contribution in [-0.2, 0) is 0 Å². The lowest BCUT2D eigenvalue weighted by Crippen LogP contribution is -2.01. The zero-order chi connectivity index (χ0) is 19.9. The number of ketones is 1. The van der Waals surface area contributed by atoms with Gasteiger partial charge in [0, 0.05) is 5.02 Å². The molecule has 3 rings (SSSR count). The molecule has 0 aromatic heterocycles. The summed E-state index contributed by atoms with van der Waals surface area (Å²) >= 11 is 5.83. The van der Waals surface area contributed by atoms with Crippen LogP contribution in [0.3, 0.4) is 0 Å². The minimum absolute atomic E-state index is 0.146. The fourth-order valence-electron chi connectivity index (χ4n) is 2.34. The zero-order valence-electron chi connectivity index (χ0n) is 14.6. The molecule has 1 N–H and O–H groups in total. The van der Waals surface area contributed by atoms with E-state index in [4.69, 9.17) is 11.6 Å². The Labute approximate surface area is 166 Å². The molecule has 0 radical (unpaired) electrons. The molecular weight excluding hydrogens is 376 g/mol. The number of carbonyl (C=O) groups excluding carboxylic acids is 1. The first kappa shape index (κ1) is 19.2. The van der Waals surface area contributed by atoms with E-state index in [9.17, 15) is 14.7 Å². The third-order valence-electron chi connectivity index (χ3n) is 3.79. The summed E-state index contributed by atoms with van der Waals surface area (Å²) in [6.07, 6.45) is 2.90. The molecule has 5 nitrogen and oxygen atoms in total. The fourth-order valence-corrected chi connectivity index (χ4v) is 2.46. The van der Waals surface area contributed by atoms with Crippen molar-refractivity contribution in [1.29, 1.82) is 0 Å². The molecule has 3 aromatic rings. The van der Waals surface area contributed by atoms with E-state index in [0.29, 0.717) is 10.7 Å². The number of benzene rings is 2. The number of halogens is 1. The summed E-state index contributed by atoms with van der Waals surface area (Å²) in [5.74, 6) is -1.15. The third kappa shape index (κ3) is 4.99. The van der Waals surface area contributed by atoms with E-state index in [2.05, 4.69) is 10.2 Å². The van der Waals surface area contributed by atoms with E-state index in [1.165, 1.54) is 18.2 Å². The smallest absolute Gasteiger partial charge is 0.220 e. The second kappa shape index (κ2) is 8.88. The lowest BCUT2D eigenvalue weighted by molar-refractivity contribution is 0.104. The first-order valence-electron chi connectivity index (χ1n) is 8.35. The Hall–Kier alpha value is -3.57. The van der Waals surface area contributed by atoms with Gasteiger partial charge in [0.05, 0.1) is 16.9 Å². The van der Waals surface area contributed by atoms with Crippen LogP contribution in [0.5, 0.6) is 5.75 Å². The van der Waals surface area contributed by atoms with Gasteiger partial charge in [-0.2, -0.15) is 10.2 Å². The molecule has 0 bridgehead atoms. The molecule has 3 aromatic carbocycles. The van der Waals surface area contributed by atoms with Crippen LogP contribution in [0.25, 0.3) is 6.08 Å². The highest BCUT2D eigenvalue weighted by Gasteiger charge is 2.11. The number of aromatic hydroxyl groups is 1. The van der Waals surface area contributed by atoms with E-state index < -0.39 is 17.0 Å². The van der Waals surface area contributed by atoms with Crippen molar-refractivity contribution in [1.82, 2.24) is 0 Å². The van der Waals surface area contributed by atoms with Crippen LogP contribution in [0.15, 0.2) is 93.9 Å². The third-order valence-corrected chi connectivity index (χ3v) is 4.04. The van der Waals surface area contributed by atoms with E-state index in [1.807, 2.05) is 30.3 Å². The topological polar surface area (TPSA) is 79.1 Å². The van der Waals surface area contributed by atoms with Gasteiger partial charge in [0.15, 0.2) is 11.5 Å². The lowest BCUT2D eigenvalue weighted by atomic mass is 10.1. The highest BCUT2D eigenvalue weighted by molar-refractivity contribution is 6.30. The monoisotopic (exact) mass is 390 g/mol. The zero-order valence-corrected chi connectivity index (χ0v) is 15.4. The van der Waals surface area contributed by atoms with Crippen molar-refractivity contribution in [3.8, 4) is 5.75 Å². The van der Waals surface area contributed by atoms with Crippen LogP contribution >= 0.6 is 11.6 Å². The molecule has 0 aliphatic carbocycles. The molecule has 6 heteroatoms. The lowest BCUT2D eigenvalue weighted by Gasteiger charge is -1.97. The summed E-state index contributed by atoms with van der Waals surface area (Å²) in [6.45, 7) is 0. The molecule has 0 saturated heterocycles. The molecule has 138 valence electrons. The molecule has 0 spiro atoms. The molecular formula is C22H15ClN2O3. The van der Waals surface area contributed by atoms with Gasteiger partial charge in [-0.3, -0.25) is 9.59 Å². The maximum atomic E-state index is 12.5. The van der Waals surface area contributed by atoms with Gasteiger partial charge in [-0.1, -0.05) is 48.0 Å². The first-order chi connectivity index (χ1) is 13.5. The van der Waals surface area contributed by atoms with E-state index >= 15 is 0 Å². The number of nitrogens with zero attached hydrogens (tertiary/aromatic N) is 2. The van der Waals surface area contributed by atoms with Crippen LogP contribution < -0.4 is 5.43 Å². The van der Waals surface area contributed by atoms with Crippen LogP contribution in [-0.4, -0.2) is 10.9 Å². The Morgan fingerprint density at radius 2 is 1.54 bits per heavy atom. The molecule has 0 unspecified atom stereocenters. The van der Waals surface area contributed by atoms with Gasteiger partial charge in [-0.25, -0.2) is 0 Å². The second-order valence-electron chi connectivity index (χ2n) is 5.81. The minimum atomic E-state index is -0.676. The average Bonchev–Trinajstić information content (AvgIpc) is 2.86. The molecule has 0 aliphatic rings. The van der Waals surface area contributed by atoms with Crippen molar-refractivity contribution in [3.63, 3.8) is 0 Å². The Bertz CT molecular complexity index is 1110. The van der Waals surface area contributed by atoms with Gasteiger partial charge in [-0.15, -0.1) is 0 Å². The van der Waals surface area contributed by atoms with Crippen molar-refractivity contribution in [2.45, 2.75) is 0 Å². The number of allylic oxidation sites excluding steroid dienone is 1. The summed E-state index contributed by atoms with van der Waals surface area (Å²) < 4.78 is 0. The van der Waals surface area contributed by atoms with Crippen molar-refractivity contribution in [2.24, 2.45) is 10.2 Å². The fraction of sp³-hybridized carbons (Fsp3) is 0. The molecule has 0 amide bonds. The number of azo groups is 1. The number of hydrogen-bond acceptors (Lipinski definition) is 5. The second-order valence-corrected chi connectivity index (χ2v) is 6.25. The Balaban J connectivity index is 1.93. The normalized spacial score (nSPS) is 11.2. The predicted octanol–water partition coefficient (Wildman–Crippen LogP) is 5.72. The molecule has 0 aliphatic heterocycles. The molecule has 0 atom stereocenters. The van der Waals surface area contributed by atoms with Crippen LogP contribution in [0.1, 0.15) is 15.9 Å². The van der Waals surface area contributed by atoms with Crippen LogP contribution in [0.4, 0.5) is 11.4 Å². The summed E-state index contributed by atoms with van der Waals surface area (Å²) in [5, 5.41) is 18.8. The average molecular weight is 391 g/mol. The van der Waals surface area contributed by atoms with Crippen LogP contribution in [0, 0.1) is 0 Å². The summed E-state index contributed by atoms with van der Waals surface area (Å²) in [6, 6.07) is 19.8. The van der Waals surface area contributed by atoms with Crippen molar-refractivity contribution < 1.29 is 9.90 Å². The summed E-state index contributed by atoms with van der Waals surface area (Å²) in [7, 11) is 0. The summed E-state index contributed by atoms with van der Waals surface area (Å²) in [5.41, 5.74) is 0.806. The highest BCUT2D eigenvalue weighted by atomic mass is 35.5. The summed E-state index contributed by atoms with van der Waals surface area (Å²) in [4.78, 5) is 24.5. The van der Waals surface area contributed by atoms with Gasteiger partial charge < -0.3 is 5.11 Å². The quantitative estimate of drug-likeness (QED) is 0.344. The Kier molecular flexibility index (Phi) is 6.09. The number of carbonyl (C=O) groups is 1. The van der Waals surface area contributed by atoms with Crippen molar-refractivity contribution >= 4 is 34.8 Å². The first-order valence-corrected chi connectivity index (χ1v) is 8.73. The molecule has 0 heterocycles. The van der Waals surface area contributed by atoms with Gasteiger partial charge >= 0.3 is 0 Å². The maximum Gasteiger partial charge on any atom is 0.220 e. The number of rotatable bonds is 5. The van der Waals surface area contributed by atoms with Crippen molar-refractivity contribution in [3.05, 3.63) is 105 Å². The van der Waals surface area contributed by atoms with Crippen molar-refractivity contribution in [2.75, 3.05) is 0 Å². The Morgan fingerprint density at radius 3 is 2.25 bits per heavy atom. The van der Waals surface area contributed by atoms with E-state index in [-0.39, 0.29) is 11.3 Å². The van der Waals surface area contributed by atoms with E-state index in [0.717, 1.165) is 11.6 Å². The predicted molar refractivity (Wildman–Crippen MR) is 110 cm³/mol. The molecule has 0 fully saturated rings. The van der Waals surface area contributed by atoms with Gasteiger partial charge in [0.25, 0.3) is 0 Å². The van der Waals surface area contributed by atoms with Gasteiger partial charge in [0.2, 0.25) is 5.43 Å². The van der Waals surface area contributed by atoms with Gasteiger partial charge in [-0.05, 0) is 54.1 Å². The minimum Gasteiger partial charge on any atom is -0.504 e. The van der Waals surface area contributed by atoms with Gasteiger partial charge in [0.1, 0.15) is 0 Å². The van der Waals surface area contributed by atoms with Crippen LogP contribution in [0.2, 0.25) is 5.02 Å². The highest BCUT2D eigenvalue weighted by Crippen LogP contribution is 2.23. The molecule has 28 heavy (non-hydrogen) atoms. The molecule has 0 saturated carbocycles. The van der Waals surface area contributed by atoms with E-state index in [1.54, 1.807) is 30.3 Å². The maximum absolute atomic E-state index is 12.5. The SMILES string of the molecule is O=C(/C=C/c1ccccc1)c1cc(N=Nc2ccc(Cl)cc2)ccc(=O)c1O. The standard InChI is InChI=1S/C22H15ClN2O3/c23-16-7-9-17(10-8-16)24-25-18-11-13-21(27)22(28)19(14-18)20(26)12-6-15-4-2-1-3-5-15/h1-14H,(H,27,28)/b12-6+,25-24?.